The summed E-state index contributed by atoms with van der Waals surface area (Å²) in [5, 5.41) is 3.22. The second kappa shape index (κ2) is 7.30. The van der Waals surface area contributed by atoms with Crippen LogP contribution in [0.4, 0.5) is 4.39 Å². The molecule has 1 atom stereocenters. The van der Waals surface area contributed by atoms with Gasteiger partial charge in [-0.25, -0.2) is 4.39 Å². The lowest BCUT2D eigenvalue weighted by Gasteiger charge is -2.14. The highest BCUT2D eigenvalue weighted by Gasteiger charge is 2.08. The molecule has 0 heterocycles. The molecule has 94 valence electrons. The smallest absolute Gasteiger partial charge is 0.165 e. The van der Waals surface area contributed by atoms with Gasteiger partial charge >= 0.3 is 0 Å². The Balaban J connectivity index is 2.71. The van der Waals surface area contributed by atoms with Crippen LogP contribution in [-0.2, 0) is 0 Å². The van der Waals surface area contributed by atoms with Crippen LogP contribution >= 0.6 is 11.6 Å². The summed E-state index contributed by atoms with van der Waals surface area (Å²) in [6.07, 6.45) is 1.61. The third-order valence-corrected chi connectivity index (χ3v) is 2.57. The summed E-state index contributed by atoms with van der Waals surface area (Å²) in [7, 11) is 0. The van der Waals surface area contributed by atoms with Crippen molar-refractivity contribution < 1.29 is 9.13 Å². The summed E-state index contributed by atoms with van der Waals surface area (Å²) in [6, 6.07) is 5.12. The lowest BCUT2D eigenvalue weighted by Crippen LogP contribution is -2.17. The van der Waals surface area contributed by atoms with E-state index in [4.69, 9.17) is 16.3 Å². The number of halogens is 2. The third kappa shape index (κ3) is 4.36. The van der Waals surface area contributed by atoms with Crippen molar-refractivity contribution in [1.29, 1.82) is 0 Å². The Morgan fingerprint density at radius 2 is 2.29 bits per heavy atom. The van der Waals surface area contributed by atoms with Crippen LogP contribution in [-0.4, -0.2) is 13.2 Å². The van der Waals surface area contributed by atoms with Gasteiger partial charge in [0, 0.05) is 11.6 Å². The van der Waals surface area contributed by atoms with Gasteiger partial charge in [0.25, 0.3) is 0 Å². The molecule has 0 fully saturated rings. The van der Waals surface area contributed by atoms with E-state index in [1.165, 1.54) is 11.6 Å². The Kier molecular flexibility index (Phi) is 6.01. The highest BCUT2D eigenvalue weighted by Crippen LogP contribution is 2.22. The molecular formula is C13H17ClFNO. The molecule has 1 N–H and O–H groups in total. The summed E-state index contributed by atoms with van der Waals surface area (Å²) in [5.41, 5.74) is 2.25. The average molecular weight is 258 g/mol. The predicted octanol–water partition coefficient (Wildman–Crippen LogP) is 3.63. The Morgan fingerprint density at radius 1 is 1.53 bits per heavy atom. The van der Waals surface area contributed by atoms with E-state index in [-0.39, 0.29) is 24.2 Å². The van der Waals surface area contributed by atoms with Crippen molar-refractivity contribution in [1.82, 2.24) is 5.32 Å². The topological polar surface area (TPSA) is 21.3 Å². The lowest BCUT2D eigenvalue weighted by molar-refractivity contribution is 0.341. The van der Waals surface area contributed by atoms with Gasteiger partial charge in [0.05, 0.1) is 0 Å². The summed E-state index contributed by atoms with van der Waals surface area (Å²) in [4.78, 5) is 0. The van der Waals surface area contributed by atoms with E-state index < -0.39 is 0 Å². The van der Waals surface area contributed by atoms with Gasteiger partial charge in [0.2, 0.25) is 0 Å². The predicted molar refractivity (Wildman–Crippen MR) is 69.0 cm³/mol. The summed E-state index contributed by atoms with van der Waals surface area (Å²) >= 11 is 5.35. The molecular weight excluding hydrogens is 241 g/mol. The van der Waals surface area contributed by atoms with E-state index in [2.05, 4.69) is 5.32 Å². The minimum Gasteiger partial charge on any atom is -0.486 e. The molecule has 4 heteroatoms. The van der Waals surface area contributed by atoms with Gasteiger partial charge in [0.15, 0.2) is 11.6 Å². The lowest BCUT2D eigenvalue weighted by atomic mass is 10.1. The van der Waals surface area contributed by atoms with E-state index in [0.29, 0.717) is 0 Å². The average Bonchev–Trinajstić information content (AvgIpc) is 2.31. The molecule has 1 rings (SSSR count). The van der Waals surface area contributed by atoms with Gasteiger partial charge < -0.3 is 10.1 Å². The molecule has 0 aliphatic heterocycles. The minimum atomic E-state index is -0.352. The summed E-state index contributed by atoms with van der Waals surface area (Å²) < 4.78 is 18.9. The zero-order chi connectivity index (χ0) is 12.7. The first kappa shape index (κ1) is 14.0. The van der Waals surface area contributed by atoms with Crippen molar-refractivity contribution in [2.75, 3.05) is 13.2 Å². The van der Waals surface area contributed by atoms with Gasteiger partial charge in [-0.1, -0.05) is 24.6 Å². The van der Waals surface area contributed by atoms with Crippen LogP contribution in [0.3, 0.4) is 0 Å². The number of ether oxygens (including phenoxy) is 1. The Morgan fingerprint density at radius 3 is 2.88 bits per heavy atom. The molecule has 1 aromatic rings. The number of nitrogens with one attached hydrogen (secondary N) is 1. The molecule has 1 unspecified atom stereocenters. The molecule has 0 amide bonds. The van der Waals surface area contributed by atoms with Gasteiger partial charge in [-0.3, -0.25) is 0 Å². The van der Waals surface area contributed by atoms with Crippen LogP contribution in [0.5, 0.6) is 5.75 Å². The first-order valence-electron chi connectivity index (χ1n) is 5.59. The van der Waals surface area contributed by atoms with Gasteiger partial charge in [-0.15, -0.1) is 0 Å². The second-order valence-corrected chi connectivity index (χ2v) is 3.89. The minimum absolute atomic E-state index is 0.131. The number of rotatable bonds is 6. The quantitative estimate of drug-likeness (QED) is 0.840. The summed E-state index contributed by atoms with van der Waals surface area (Å²) in [5.74, 6) is -0.109. The largest absolute Gasteiger partial charge is 0.486 e. The highest BCUT2D eigenvalue weighted by atomic mass is 35.5. The Bertz CT molecular complexity index is 382. The fourth-order valence-electron chi connectivity index (χ4n) is 1.50. The van der Waals surface area contributed by atoms with Crippen LogP contribution in [0.2, 0.25) is 0 Å². The van der Waals surface area contributed by atoms with Crippen molar-refractivity contribution in [3.63, 3.8) is 0 Å². The van der Waals surface area contributed by atoms with Crippen molar-refractivity contribution >= 4 is 11.6 Å². The van der Waals surface area contributed by atoms with E-state index in [1.807, 2.05) is 19.9 Å². The maximum absolute atomic E-state index is 13.7. The molecule has 2 nitrogen and oxygen atoms in total. The summed E-state index contributed by atoms with van der Waals surface area (Å²) in [6.45, 7) is 5.13. The molecule has 0 spiro atoms. The van der Waals surface area contributed by atoms with E-state index >= 15 is 0 Å². The van der Waals surface area contributed by atoms with Crippen LogP contribution in [0.1, 0.15) is 25.5 Å². The molecule has 0 saturated carbocycles. The molecule has 0 aliphatic carbocycles. The maximum atomic E-state index is 13.7. The van der Waals surface area contributed by atoms with E-state index in [1.54, 1.807) is 12.1 Å². The van der Waals surface area contributed by atoms with Crippen molar-refractivity contribution in [2.45, 2.75) is 19.9 Å². The molecule has 0 bridgehead atoms. The van der Waals surface area contributed by atoms with Crippen molar-refractivity contribution in [3.8, 4) is 5.75 Å². The normalized spacial score (nSPS) is 12.9. The van der Waals surface area contributed by atoms with Crippen molar-refractivity contribution in [3.05, 3.63) is 41.2 Å². The number of hydrogen-bond acceptors (Lipinski definition) is 2. The first-order chi connectivity index (χ1) is 8.19. The van der Waals surface area contributed by atoms with Crippen LogP contribution in [0.15, 0.2) is 29.8 Å². The van der Waals surface area contributed by atoms with Crippen LogP contribution in [0, 0.1) is 5.82 Å². The SMILES string of the molecule is CCNC(C)c1ccc(OC/C=C/Cl)c(F)c1. The molecule has 1 aromatic carbocycles. The maximum Gasteiger partial charge on any atom is 0.165 e. The van der Waals surface area contributed by atoms with E-state index in [9.17, 15) is 4.39 Å². The number of hydrogen-bond donors (Lipinski definition) is 1. The van der Waals surface area contributed by atoms with E-state index in [0.717, 1.165) is 12.1 Å². The number of benzene rings is 1. The fraction of sp³-hybridized carbons (Fsp3) is 0.385. The van der Waals surface area contributed by atoms with Gasteiger partial charge in [-0.2, -0.15) is 0 Å². The van der Waals surface area contributed by atoms with Gasteiger partial charge in [-0.05, 0) is 37.2 Å². The van der Waals surface area contributed by atoms with Crippen molar-refractivity contribution in [2.24, 2.45) is 0 Å². The fourth-order valence-corrected chi connectivity index (χ4v) is 1.57. The molecule has 0 radical (unpaired) electrons. The molecule has 17 heavy (non-hydrogen) atoms. The zero-order valence-electron chi connectivity index (χ0n) is 10.0. The molecule has 0 saturated heterocycles. The molecule has 0 aromatic heterocycles. The highest BCUT2D eigenvalue weighted by molar-refractivity contribution is 6.25. The Hall–Kier alpha value is -1.06. The van der Waals surface area contributed by atoms with Crippen LogP contribution < -0.4 is 10.1 Å². The second-order valence-electron chi connectivity index (χ2n) is 3.64. The third-order valence-electron chi connectivity index (χ3n) is 2.39. The monoisotopic (exact) mass is 257 g/mol. The van der Waals surface area contributed by atoms with Gasteiger partial charge in [0.1, 0.15) is 6.61 Å². The molecule has 0 aliphatic rings. The van der Waals surface area contributed by atoms with Crippen LogP contribution in [0.25, 0.3) is 0 Å². The Labute approximate surface area is 106 Å². The zero-order valence-corrected chi connectivity index (χ0v) is 10.8. The standard InChI is InChI=1S/C13H17ClFNO/c1-3-16-10(2)11-5-6-13(12(15)9-11)17-8-4-7-14/h4-7,9-10,16H,3,8H2,1-2H3/b7-4+. The first-order valence-corrected chi connectivity index (χ1v) is 6.03.